The highest BCUT2D eigenvalue weighted by molar-refractivity contribution is 7.99. The number of aryl methyl sites for hydroxylation is 1. The third kappa shape index (κ3) is 5.51. The standard InChI is InChI=1S/C20H24N2O2S/c1-16-6-8-18(9-7-16)24-15-20(23)21-19-5-3-2-4-17(19)14-22-10-12-25-13-11-22/h2-9H,10-15H2,1H3,(H,21,23). The molecular formula is C20H24N2O2S. The number of rotatable bonds is 6. The second-order valence-corrected chi connectivity index (χ2v) is 7.42. The Bertz CT molecular complexity index is 697. The molecule has 0 radical (unpaired) electrons. The number of thioether (sulfide) groups is 1. The summed E-state index contributed by atoms with van der Waals surface area (Å²) in [6.07, 6.45) is 0. The first-order chi connectivity index (χ1) is 12.2. The van der Waals surface area contributed by atoms with Crippen LogP contribution in [0.3, 0.4) is 0 Å². The van der Waals surface area contributed by atoms with Crippen molar-refractivity contribution in [3.05, 3.63) is 59.7 Å². The molecule has 0 aromatic heterocycles. The molecule has 0 unspecified atom stereocenters. The van der Waals surface area contributed by atoms with E-state index in [1.165, 1.54) is 17.1 Å². The molecule has 3 rings (SSSR count). The molecular weight excluding hydrogens is 332 g/mol. The van der Waals surface area contributed by atoms with Crippen LogP contribution in [0.15, 0.2) is 48.5 Å². The molecule has 0 bridgehead atoms. The van der Waals surface area contributed by atoms with Crippen molar-refractivity contribution in [1.82, 2.24) is 4.90 Å². The Hall–Kier alpha value is -1.98. The molecule has 0 atom stereocenters. The van der Waals surface area contributed by atoms with Gasteiger partial charge in [-0.3, -0.25) is 9.69 Å². The summed E-state index contributed by atoms with van der Waals surface area (Å²) in [4.78, 5) is 14.7. The zero-order chi connectivity index (χ0) is 17.5. The van der Waals surface area contributed by atoms with Crippen LogP contribution in [-0.4, -0.2) is 42.0 Å². The van der Waals surface area contributed by atoms with Gasteiger partial charge in [-0.25, -0.2) is 0 Å². The van der Waals surface area contributed by atoms with Crippen LogP contribution in [0.2, 0.25) is 0 Å². The van der Waals surface area contributed by atoms with Crippen molar-refractivity contribution in [2.75, 3.05) is 36.5 Å². The zero-order valence-electron chi connectivity index (χ0n) is 14.5. The fraction of sp³-hybridized carbons (Fsp3) is 0.350. The summed E-state index contributed by atoms with van der Waals surface area (Å²) < 4.78 is 5.56. The summed E-state index contributed by atoms with van der Waals surface area (Å²) >= 11 is 2.00. The predicted octanol–water partition coefficient (Wildman–Crippen LogP) is 3.56. The smallest absolute Gasteiger partial charge is 0.262 e. The molecule has 0 saturated carbocycles. The van der Waals surface area contributed by atoms with Crippen LogP contribution in [-0.2, 0) is 11.3 Å². The maximum Gasteiger partial charge on any atom is 0.262 e. The van der Waals surface area contributed by atoms with Gasteiger partial charge in [0.25, 0.3) is 5.91 Å². The highest BCUT2D eigenvalue weighted by Gasteiger charge is 2.14. The predicted molar refractivity (Wildman–Crippen MR) is 104 cm³/mol. The number of anilines is 1. The number of nitrogens with zero attached hydrogens (tertiary/aromatic N) is 1. The lowest BCUT2D eigenvalue weighted by Crippen LogP contribution is -2.32. The number of hydrogen-bond acceptors (Lipinski definition) is 4. The molecule has 1 amide bonds. The molecule has 0 aliphatic carbocycles. The molecule has 1 fully saturated rings. The molecule has 1 aliphatic rings. The fourth-order valence-electron chi connectivity index (χ4n) is 2.75. The van der Waals surface area contributed by atoms with Crippen molar-refractivity contribution in [3.8, 4) is 5.75 Å². The van der Waals surface area contributed by atoms with E-state index in [-0.39, 0.29) is 12.5 Å². The van der Waals surface area contributed by atoms with Gasteiger partial charge in [0.1, 0.15) is 5.75 Å². The van der Waals surface area contributed by atoms with Gasteiger partial charge < -0.3 is 10.1 Å². The number of benzene rings is 2. The van der Waals surface area contributed by atoms with E-state index in [1.807, 2.05) is 61.2 Å². The molecule has 4 nitrogen and oxygen atoms in total. The van der Waals surface area contributed by atoms with Gasteiger partial charge in [-0.15, -0.1) is 0 Å². The van der Waals surface area contributed by atoms with Gasteiger partial charge in [0.2, 0.25) is 0 Å². The minimum absolute atomic E-state index is 0.0117. The van der Waals surface area contributed by atoms with E-state index in [9.17, 15) is 4.79 Å². The van der Waals surface area contributed by atoms with Crippen LogP contribution < -0.4 is 10.1 Å². The number of ether oxygens (including phenoxy) is 1. The lowest BCUT2D eigenvalue weighted by molar-refractivity contribution is -0.118. The van der Waals surface area contributed by atoms with Crippen LogP contribution in [0.1, 0.15) is 11.1 Å². The normalized spacial score (nSPS) is 14.9. The van der Waals surface area contributed by atoms with Gasteiger partial charge in [0, 0.05) is 36.8 Å². The number of para-hydroxylation sites is 1. The van der Waals surface area contributed by atoms with Gasteiger partial charge in [-0.05, 0) is 30.7 Å². The number of hydrogen-bond donors (Lipinski definition) is 1. The summed E-state index contributed by atoms with van der Waals surface area (Å²) in [5.41, 5.74) is 3.19. The second kappa shape index (κ2) is 8.92. The largest absolute Gasteiger partial charge is 0.484 e. The Kier molecular flexibility index (Phi) is 6.36. The Morgan fingerprint density at radius 2 is 1.84 bits per heavy atom. The lowest BCUT2D eigenvalue weighted by Gasteiger charge is -2.27. The number of amides is 1. The van der Waals surface area contributed by atoms with Gasteiger partial charge in [-0.2, -0.15) is 11.8 Å². The van der Waals surface area contributed by atoms with Crippen molar-refractivity contribution in [2.45, 2.75) is 13.5 Å². The van der Waals surface area contributed by atoms with Gasteiger partial charge in [0.15, 0.2) is 6.61 Å². The Labute approximate surface area is 153 Å². The molecule has 0 spiro atoms. The van der Waals surface area contributed by atoms with Crippen molar-refractivity contribution in [1.29, 1.82) is 0 Å². The van der Waals surface area contributed by atoms with E-state index in [1.54, 1.807) is 0 Å². The first-order valence-corrected chi connectivity index (χ1v) is 9.73. The molecule has 5 heteroatoms. The topological polar surface area (TPSA) is 41.6 Å². The minimum Gasteiger partial charge on any atom is -0.484 e. The molecule has 2 aromatic rings. The first-order valence-electron chi connectivity index (χ1n) is 8.58. The molecule has 25 heavy (non-hydrogen) atoms. The summed E-state index contributed by atoms with van der Waals surface area (Å²) in [5.74, 6) is 2.93. The highest BCUT2D eigenvalue weighted by Crippen LogP contribution is 2.20. The van der Waals surface area contributed by atoms with Crippen LogP contribution in [0, 0.1) is 6.92 Å². The molecule has 1 aliphatic heterocycles. The maximum absolute atomic E-state index is 12.2. The monoisotopic (exact) mass is 356 g/mol. The quantitative estimate of drug-likeness (QED) is 0.859. The minimum atomic E-state index is -0.137. The molecule has 132 valence electrons. The van der Waals surface area contributed by atoms with E-state index < -0.39 is 0 Å². The summed E-state index contributed by atoms with van der Waals surface area (Å²) in [5, 5.41) is 2.99. The lowest BCUT2D eigenvalue weighted by atomic mass is 10.1. The highest BCUT2D eigenvalue weighted by atomic mass is 32.2. The molecule has 1 saturated heterocycles. The summed E-state index contributed by atoms with van der Waals surface area (Å²) in [7, 11) is 0. The Morgan fingerprint density at radius 1 is 1.12 bits per heavy atom. The van der Waals surface area contributed by atoms with Crippen molar-refractivity contribution in [2.24, 2.45) is 0 Å². The maximum atomic E-state index is 12.2. The van der Waals surface area contributed by atoms with Crippen molar-refractivity contribution < 1.29 is 9.53 Å². The Balaban J connectivity index is 1.56. The van der Waals surface area contributed by atoms with Crippen LogP contribution in [0.5, 0.6) is 5.75 Å². The van der Waals surface area contributed by atoms with E-state index in [2.05, 4.69) is 16.3 Å². The van der Waals surface area contributed by atoms with Crippen LogP contribution in [0.25, 0.3) is 0 Å². The fourth-order valence-corrected chi connectivity index (χ4v) is 3.73. The van der Waals surface area contributed by atoms with E-state index in [4.69, 9.17) is 4.74 Å². The number of carbonyl (C=O) groups excluding carboxylic acids is 1. The SMILES string of the molecule is Cc1ccc(OCC(=O)Nc2ccccc2CN2CCSCC2)cc1. The van der Waals surface area contributed by atoms with Gasteiger partial charge >= 0.3 is 0 Å². The zero-order valence-corrected chi connectivity index (χ0v) is 15.3. The van der Waals surface area contributed by atoms with E-state index in [0.29, 0.717) is 5.75 Å². The third-order valence-corrected chi connectivity index (χ3v) is 5.12. The number of carbonyl (C=O) groups is 1. The molecule has 2 aromatic carbocycles. The summed E-state index contributed by atoms with van der Waals surface area (Å²) in [6.45, 7) is 5.11. The van der Waals surface area contributed by atoms with E-state index in [0.717, 1.165) is 30.9 Å². The molecule has 1 N–H and O–H groups in total. The van der Waals surface area contributed by atoms with Gasteiger partial charge in [0.05, 0.1) is 0 Å². The van der Waals surface area contributed by atoms with Crippen LogP contribution in [0.4, 0.5) is 5.69 Å². The van der Waals surface area contributed by atoms with Gasteiger partial charge in [-0.1, -0.05) is 35.9 Å². The van der Waals surface area contributed by atoms with Crippen molar-refractivity contribution >= 4 is 23.4 Å². The second-order valence-electron chi connectivity index (χ2n) is 6.20. The Morgan fingerprint density at radius 3 is 2.60 bits per heavy atom. The van der Waals surface area contributed by atoms with E-state index >= 15 is 0 Å². The third-order valence-electron chi connectivity index (χ3n) is 4.18. The van der Waals surface area contributed by atoms with Crippen molar-refractivity contribution in [3.63, 3.8) is 0 Å². The average Bonchev–Trinajstić information content (AvgIpc) is 2.64. The first kappa shape index (κ1) is 17.8. The average molecular weight is 356 g/mol. The summed E-state index contributed by atoms with van der Waals surface area (Å²) in [6, 6.07) is 15.7. The number of nitrogens with one attached hydrogen (secondary N) is 1. The van der Waals surface area contributed by atoms with Crippen LogP contribution >= 0.6 is 11.8 Å². The molecule has 1 heterocycles.